The van der Waals surface area contributed by atoms with Crippen molar-refractivity contribution in [1.29, 1.82) is 0 Å². The fourth-order valence-electron chi connectivity index (χ4n) is 7.68. The molecule has 0 aromatic rings. The first-order chi connectivity index (χ1) is 10.5. The smallest absolute Gasteiger partial charge is 0.00851 e. The van der Waals surface area contributed by atoms with Gasteiger partial charge in [-0.15, -0.1) is 0 Å². The lowest BCUT2D eigenvalue weighted by Gasteiger charge is -2.58. The van der Waals surface area contributed by atoms with E-state index in [1.54, 1.807) is 6.42 Å². The van der Waals surface area contributed by atoms with Crippen molar-refractivity contribution >= 4 is 0 Å². The monoisotopic (exact) mass is 300 g/mol. The van der Waals surface area contributed by atoms with Gasteiger partial charge < -0.3 is 0 Å². The number of hydrogen-bond acceptors (Lipinski definition) is 0. The summed E-state index contributed by atoms with van der Waals surface area (Å²) >= 11 is 0. The zero-order valence-electron chi connectivity index (χ0n) is 15.3. The van der Waals surface area contributed by atoms with Crippen molar-refractivity contribution in [3.8, 4) is 0 Å². The Hall–Kier alpha value is -0.260. The van der Waals surface area contributed by atoms with Crippen molar-refractivity contribution < 1.29 is 0 Å². The molecule has 4 aliphatic rings. The molecule has 0 amide bonds. The summed E-state index contributed by atoms with van der Waals surface area (Å²) < 4.78 is 0. The first-order valence-corrected chi connectivity index (χ1v) is 10.2. The van der Waals surface area contributed by atoms with Crippen LogP contribution >= 0.6 is 0 Å². The highest BCUT2D eigenvalue weighted by atomic mass is 14.6. The van der Waals surface area contributed by atoms with Crippen LogP contribution in [0, 0.1) is 40.4 Å². The van der Waals surface area contributed by atoms with E-state index < -0.39 is 0 Å². The lowest BCUT2D eigenvalue weighted by Crippen LogP contribution is -2.50. The van der Waals surface area contributed by atoms with Crippen molar-refractivity contribution in [2.45, 2.75) is 85.5 Å². The average Bonchev–Trinajstić information content (AvgIpc) is 2.84. The fraction of sp³-hybridized carbons (Fsp3) is 0.909. The molecule has 0 nitrogen and oxygen atoms in total. The molecule has 0 aliphatic heterocycles. The van der Waals surface area contributed by atoms with Gasteiger partial charge in [0.1, 0.15) is 0 Å². The third-order valence-corrected chi connectivity index (χ3v) is 9.03. The second-order valence-electron chi connectivity index (χ2n) is 9.77. The van der Waals surface area contributed by atoms with Crippen molar-refractivity contribution in [3.05, 3.63) is 11.6 Å². The standard InChI is InChI=1S/C22H36/c1-5-16-7-9-19-18-8-6-17-14-15(2)10-12-22(17,4)20(18)11-13-21(16,19)3/h14-16,18-20H,5-13H2,1-4H3/t15?,16-,18-,19-,20-,21+,22-/m0/s1. The third kappa shape index (κ3) is 1.94. The normalized spacial score (nSPS) is 54.2. The van der Waals surface area contributed by atoms with Gasteiger partial charge in [-0.1, -0.05) is 45.8 Å². The summed E-state index contributed by atoms with van der Waals surface area (Å²) in [5.41, 5.74) is 3.12. The Kier molecular flexibility index (Phi) is 3.55. The molecule has 0 radical (unpaired) electrons. The molecule has 4 rings (SSSR count). The van der Waals surface area contributed by atoms with Crippen LogP contribution in [-0.2, 0) is 0 Å². The second-order valence-corrected chi connectivity index (χ2v) is 9.77. The molecule has 0 spiro atoms. The molecule has 3 fully saturated rings. The van der Waals surface area contributed by atoms with Crippen LogP contribution in [0.4, 0.5) is 0 Å². The van der Waals surface area contributed by atoms with Crippen molar-refractivity contribution in [3.63, 3.8) is 0 Å². The lowest BCUT2D eigenvalue weighted by molar-refractivity contribution is -0.0528. The number of fused-ring (bicyclic) bond motifs is 5. The SMILES string of the molecule is CC[C@H]1CC[C@H]2[C@@H]3CCC4=CC(C)CC[C@]4(C)[C@H]3CC[C@]12C. The maximum atomic E-state index is 2.68. The van der Waals surface area contributed by atoms with Gasteiger partial charge >= 0.3 is 0 Å². The van der Waals surface area contributed by atoms with E-state index in [-0.39, 0.29) is 0 Å². The predicted octanol–water partition coefficient (Wildman–Crippen LogP) is 6.61. The zero-order chi connectivity index (χ0) is 15.5. The molecule has 22 heavy (non-hydrogen) atoms. The van der Waals surface area contributed by atoms with Crippen molar-refractivity contribution in [1.82, 2.24) is 0 Å². The Labute approximate surface area is 138 Å². The molecular weight excluding hydrogens is 264 g/mol. The molecule has 0 N–H and O–H groups in total. The van der Waals surface area contributed by atoms with E-state index in [4.69, 9.17) is 0 Å². The largest absolute Gasteiger partial charge is 0.0819 e. The number of hydrogen-bond donors (Lipinski definition) is 0. The van der Waals surface area contributed by atoms with Crippen molar-refractivity contribution in [2.75, 3.05) is 0 Å². The summed E-state index contributed by atoms with van der Waals surface area (Å²) in [4.78, 5) is 0. The maximum absolute atomic E-state index is 2.68. The van der Waals surface area contributed by atoms with E-state index in [9.17, 15) is 0 Å². The highest BCUT2D eigenvalue weighted by molar-refractivity contribution is 5.24. The molecule has 1 unspecified atom stereocenters. The maximum Gasteiger partial charge on any atom is -0.00851 e. The third-order valence-electron chi connectivity index (χ3n) is 9.03. The van der Waals surface area contributed by atoms with Crippen LogP contribution < -0.4 is 0 Å². The Morgan fingerprint density at radius 3 is 2.59 bits per heavy atom. The van der Waals surface area contributed by atoms with E-state index in [0.29, 0.717) is 10.8 Å². The highest BCUT2D eigenvalue weighted by Crippen LogP contribution is 2.67. The molecule has 4 aliphatic carbocycles. The average molecular weight is 301 g/mol. The molecule has 3 saturated carbocycles. The van der Waals surface area contributed by atoms with Gasteiger partial charge in [0, 0.05) is 0 Å². The Morgan fingerprint density at radius 1 is 1.00 bits per heavy atom. The lowest BCUT2D eigenvalue weighted by atomic mass is 9.46. The minimum absolute atomic E-state index is 0.570. The Morgan fingerprint density at radius 2 is 1.82 bits per heavy atom. The van der Waals surface area contributed by atoms with Gasteiger partial charge in [-0.2, -0.15) is 0 Å². The van der Waals surface area contributed by atoms with E-state index in [2.05, 4.69) is 33.8 Å². The molecule has 0 saturated heterocycles. The van der Waals surface area contributed by atoms with E-state index in [1.807, 2.05) is 5.57 Å². The summed E-state index contributed by atoms with van der Waals surface area (Å²) in [7, 11) is 0. The van der Waals surface area contributed by atoms with E-state index in [1.165, 1.54) is 51.4 Å². The molecule has 0 aromatic heterocycles. The topological polar surface area (TPSA) is 0 Å². The van der Waals surface area contributed by atoms with Gasteiger partial charge in [0.15, 0.2) is 0 Å². The van der Waals surface area contributed by atoms with E-state index >= 15 is 0 Å². The van der Waals surface area contributed by atoms with Gasteiger partial charge in [-0.25, -0.2) is 0 Å². The second kappa shape index (κ2) is 5.12. The van der Waals surface area contributed by atoms with Gasteiger partial charge in [0.2, 0.25) is 0 Å². The Balaban J connectivity index is 1.65. The van der Waals surface area contributed by atoms with E-state index in [0.717, 1.165) is 29.6 Å². The summed E-state index contributed by atoms with van der Waals surface area (Å²) in [6.45, 7) is 10.2. The van der Waals surface area contributed by atoms with Gasteiger partial charge in [-0.05, 0) is 91.8 Å². The molecule has 0 bridgehead atoms. The predicted molar refractivity (Wildman–Crippen MR) is 94.6 cm³/mol. The first-order valence-electron chi connectivity index (χ1n) is 10.2. The van der Waals surface area contributed by atoms with Crippen LogP contribution in [0.5, 0.6) is 0 Å². The molecule has 0 aromatic carbocycles. The van der Waals surface area contributed by atoms with Crippen LogP contribution in [0.15, 0.2) is 11.6 Å². The highest BCUT2D eigenvalue weighted by Gasteiger charge is 2.58. The number of allylic oxidation sites excluding steroid dienone is 2. The minimum Gasteiger partial charge on any atom is -0.0819 e. The summed E-state index contributed by atoms with van der Waals surface area (Å²) in [5, 5.41) is 0. The quantitative estimate of drug-likeness (QED) is 0.478. The fourth-order valence-corrected chi connectivity index (χ4v) is 7.68. The van der Waals surface area contributed by atoms with Crippen molar-refractivity contribution in [2.24, 2.45) is 40.4 Å². The van der Waals surface area contributed by atoms with Gasteiger partial charge in [0.25, 0.3) is 0 Å². The van der Waals surface area contributed by atoms with Gasteiger partial charge in [0.05, 0.1) is 0 Å². The summed E-state index contributed by atoms with van der Waals surface area (Å²) in [5.74, 6) is 4.97. The minimum atomic E-state index is 0.570. The van der Waals surface area contributed by atoms with Crippen LogP contribution in [0.3, 0.4) is 0 Å². The molecule has 7 atom stereocenters. The zero-order valence-corrected chi connectivity index (χ0v) is 15.3. The van der Waals surface area contributed by atoms with Crippen LogP contribution in [0.2, 0.25) is 0 Å². The summed E-state index contributed by atoms with van der Waals surface area (Å²) in [6, 6.07) is 0. The first kappa shape index (κ1) is 15.3. The van der Waals surface area contributed by atoms with Crippen LogP contribution in [0.25, 0.3) is 0 Å². The van der Waals surface area contributed by atoms with Crippen LogP contribution in [0.1, 0.15) is 85.5 Å². The summed E-state index contributed by atoms with van der Waals surface area (Å²) in [6.07, 6.45) is 16.1. The molecule has 0 heteroatoms. The Bertz CT molecular complexity index is 474. The molecule has 124 valence electrons. The van der Waals surface area contributed by atoms with Gasteiger partial charge in [-0.3, -0.25) is 0 Å². The molecular formula is C22H36. The van der Waals surface area contributed by atoms with Crippen LogP contribution in [-0.4, -0.2) is 0 Å². The molecule has 0 heterocycles. The number of rotatable bonds is 1.